The van der Waals surface area contributed by atoms with Gasteiger partial charge in [-0.05, 0) is 0 Å². The average Bonchev–Trinajstić information content (AvgIpc) is 2.91. The van der Waals surface area contributed by atoms with Crippen LogP contribution in [0.15, 0.2) is 72.8 Å². The second kappa shape index (κ2) is 13.1. The Balaban J connectivity index is 1.64. The summed E-state index contributed by atoms with van der Waals surface area (Å²) in [5.41, 5.74) is 0. The van der Waals surface area contributed by atoms with Gasteiger partial charge in [-0.2, -0.15) is 0 Å². The molecule has 0 heterocycles. The van der Waals surface area contributed by atoms with Crippen molar-refractivity contribution in [1.29, 1.82) is 0 Å². The fraction of sp³-hybridized carbons (Fsp3) is 0.471. The van der Waals surface area contributed by atoms with Crippen LogP contribution in [-0.2, 0) is 0 Å². The third-order valence-corrected chi connectivity index (χ3v) is 27.9. The fourth-order valence-corrected chi connectivity index (χ4v) is 23.2. The highest BCUT2D eigenvalue weighted by molar-refractivity contribution is 6.96. The Morgan fingerprint density at radius 1 is 0.350 bits per heavy atom. The number of hydrogen-bond acceptors (Lipinski definition) is 0. The van der Waals surface area contributed by atoms with Gasteiger partial charge in [0.25, 0.3) is 0 Å². The first-order valence-corrected chi connectivity index (χ1v) is 34.4. The van der Waals surface area contributed by atoms with E-state index >= 15 is 0 Å². The van der Waals surface area contributed by atoms with E-state index in [1.165, 1.54) is 24.2 Å². The second-order valence-electron chi connectivity index (χ2n) is 15.7. The van der Waals surface area contributed by atoms with Gasteiger partial charge in [-0.1, -0.05) is 207 Å². The van der Waals surface area contributed by atoms with E-state index in [0.29, 0.717) is 0 Å². The topological polar surface area (TPSA) is 0 Å². The third kappa shape index (κ3) is 8.51. The Morgan fingerprint density at radius 3 is 0.700 bits per heavy atom. The van der Waals surface area contributed by atoms with Crippen LogP contribution >= 0.6 is 0 Å². The summed E-state index contributed by atoms with van der Waals surface area (Å²) >= 11 is 0. The molecule has 0 atom stereocenters. The predicted molar refractivity (Wildman–Crippen MR) is 204 cm³/mol. The van der Waals surface area contributed by atoms with E-state index in [1.54, 1.807) is 31.1 Å². The quantitative estimate of drug-likeness (QED) is 0.210. The van der Waals surface area contributed by atoms with Crippen LogP contribution in [0.5, 0.6) is 0 Å². The molecule has 0 aliphatic heterocycles. The Bertz CT molecular complexity index is 1120. The van der Waals surface area contributed by atoms with E-state index in [-0.39, 0.29) is 0 Å². The summed E-state index contributed by atoms with van der Waals surface area (Å²) in [5.74, 6) is 0. The molecule has 0 fully saturated rings. The van der Waals surface area contributed by atoms with Crippen molar-refractivity contribution in [1.82, 2.24) is 0 Å². The second-order valence-corrected chi connectivity index (χ2v) is 41.0. The zero-order chi connectivity index (χ0) is 29.9. The van der Waals surface area contributed by atoms with Gasteiger partial charge in [-0.3, -0.25) is 0 Å². The van der Waals surface area contributed by atoms with Gasteiger partial charge >= 0.3 is 0 Å². The molecule has 6 heteroatoms. The molecule has 3 aromatic rings. The van der Waals surface area contributed by atoms with Gasteiger partial charge in [-0.15, -0.1) is 0 Å². The lowest BCUT2D eigenvalue weighted by atomic mass is 10.4. The lowest BCUT2D eigenvalue weighted by Gasteiger charge is -2.31. The Kier molecular flexibility index (Phi) is 10.9. The molecule has 0 saturated heterocycles. The molecule has 0 aliphatic rings. The van der Waals surface area contributed by atoms with Crippen LogP contribution in [-0.4, -0.2) is 49.9 Å². The molecule has 0 unspecified atom stereocenters. The molecule has 0 N–H and O–H groups in total. The average molecular weight is 635 g/mol. The van der Waals surface area contributed by atoms with Crippen molar-refractivity contribution in [2.75, 3.05) is 0 Å². The van der Waals surface area contributed by atoms with Crippen molar-refractivity contribution < 1.29 is 0 Å². The summed E-state index contributed by atoms with van der Waals surface area (Å²) in [6.07, 6.45) is 0. The van der Waals surface area contributed by atoms with Crippen LogP contribution in [0.3, 0.4) is 0 Å². The van der Waals surface area contributed by atoms with Crippen molar-refractivity contribution in [3.05, 3.63) is 72.8 Å². The lowest BCUT2D eigenvalue weighted by molar-refractivity contribution is 1.29. The molecular formula is C34H58Si6. The molecule has 0 saturated carbocycles. The molecule has 0 aliphatic carbocycles. The van der Waals surface area contributed by atoms with Gasteiger partial charge in [0.05, 0.1) is 49.9 Å². The molecule has 0 amide bonds. The third-order valence-electron chi connectivity index (χ3n) is 9.92. The van der Waals surface area contributed by atoms with Gasteiger partial charge in [0.1, 0.15) is 0 Å². The first kappa shape index (κ1) is 33.5. The largest absolute Gasteiger partial charge is 0.0803 e. The Labute approximate surface area is 255 Å². The molecule has 3 rings (SSSR count). The van der Waals surface area contributed by atoms with E-state index in [9.17, 15) is 0 Å². The minimum atomic E-state index is -1.47. The number of rotatable bonds is 12. The molecule has 0 radical (unpaired) electrons. The maximum atomic E-state index is 2.60. The summed E-state index contributed by atoms with van der Waals surface area (Å²) in [5, 5.41) is 9.78. The van der Waals surface area contributed by atoms with Gasteiger partial charge in [0.2, 0.25) is 0 Å². The first-order valence-electron chi connectivity index (χ1n) is 15.8. The number of hydrogen-bond donors (Lipinski definition) is 0. The van der Waals surface area contributed by atoms with Crippen LogP contribution in [0.1, 0.15) is 0 Å². The lowest BCUT2D eigenvalue weighted by Crippen LogP contribution is -2.49. The van der Waals surface area contributed by atoms with E-state index in [1.807, 2.05) is 0 Å². The van der Waals surface area contributed by atoms with Gasteiger partial charge in [0.15, 0.2) is 0 Å². The highest BCUT2D eigenvalue weighted by Crippen LogP contribution is 2.23. The van der Waals surface area contributed by atoms with Crippen LogP contribution in [0.4, 0.5) is 0 Å². The molecule has 0 bridgehead atoms. The summed E-state index contributed by atoms with van der Waals surface area (Å²) in [4.78, 5) is 0. The minimum absolute atomic E-state index is 0.710. The van der Waals surface area contributed by atoms with Crippen LogP contribution in [0.2, 0.25) is 103 Å². The van der Waals surface area contributed by atoms with Gasteiger partial charge in [0, 0.05) is 0 Å². The summed E-state index contributed by atoms with van der Waals surface area (Å²) in [6.45, 7) is 30.5. The van der Waals surface area contributed by atoms with E-state index in [2.05, 4.69) is 151 Å². The Hall–Kier alpha value is -1.04. The van der Waals surface area contributed by atoms with E-state index in [4.69, 9.17) is 0 Å². The van der Waals surface area contributed by atoms with E-state index < -0.39 is 49.9 Å². The van der Waals surface area contributed by atoms with Crippen LogP contribution in [0.25, 0.3) is 0 Å². The molecular weight excluding hydrogens is 577 g/mol. The van der Waals surface area contributed by atoms with Gasteiger partial charge in [-0.25, -0.2) is 0 Å². The molecule has 3 aromatic carbocycles. The first-order chi connectivity index (χ1) is 18.4. The summed E-state index contributed by atoms with van der Waals surface area (Å²) < 4.78 is 0. The molecule has 0 aromatic heterocycles. The standard InChI is InChI=1S/C34H58Si6/c1-35(2)29-13-17-31(18-14-29)37(5,6)25-27-39(9,10)33-21-23-34(24-22-33)40(11,12)28-26-38(7,8)32-19-15-30(16-20-32)36(3)4/h13-24,35-36H,25-28H2,1-12H3. The predicted octanol–water partition coefficient (Wildman–Crippen LogP) is 6.14. The highest BCUT2D eigenvalue weighted by atomic mass is 28.3. The zero-order valence-electron chi connectivity index (χ0n) is 27.9. The summed E-state index contributed by atoms with van der Waals surface area (Å²) in [7, 11) is -7.21. The molecule has 218 valence electrons. The molecule has 40 heavy (non-hydrogen) atoms. The van der Waals surface area contributed by atoms with Crippen molar-refractivity contribution in [3.8, 4) is 0 Å². The monoisotopic (exact) mass is 634 g/mol. The normalized spacial score (nSPS) is 13.3. The fourth-order valence-electron chi connectivity index (χ4n) is 5.84. The molecule has 0 spiro atoms. The highest BCUT2D eigenvalue weighted by Gasteiger charge is 2.32. The van der Waals surface area contributed by atoms with Crippen molar-refractivity contribution >= 4 is 81.0 Å². The Morgan fingerprint density at radius 2 is 0.525 bits per heavy atom. The smallest absolute Gasteiger partial charge is 0.0682 e. The zero-order valence-corrected chi connectivity index (χ0v) is 34.2. The maximum Gasteiger partial charge on any atom is 0.0803 e. The van der Waals surface area contributed by atoms with Gasteiger partial charge < -0.3 is 0 Å². The van der Waals surface area contributed by atoms with Crippen molar-refractivity contribution in [2.24, 2.45) is 0 Å². The minimum Gasteiger partial charge on any atom is -0.0682 e. The van der Waals surface area contributed by atoms with E-state index in [0.717, 1.165) is 0 Å². The van der Waals surface area contributed by atoms with Crippen LogP contribution in [0, 0.1) is 0 Å². The maximum absolute atomic E-state index is 2.60. The van der Waals surface area contributed by atoms with Crippen molar-refractivity contribution in [3.63, 3.8) is 0 Å². The molecule has 0 nitrogen and oxygen atoms in total. The SMILES string of the molecule is C[SiH](C)c1ccc([Si](C)(C)CC[Si](C)(C)c2ccc([Si](C)(C)CC[Si](C)(C)c3ccc([SiH](C)C)cc3)cc2)cc1. The number of benzene rings is 3. The van der Waals surface area contributed by atoms with Crippen LogP contribution < -0.4 is 31.1 Å². The van der Waals surface area contributed by atoms with Crippen molar-refractivity contribution in [2.45, 2.75) is 103 Å². The summed E-state index contributed by atoms with van der Waals surface area (Å²) in [6, 6.07) is 35.3.